The average molecular weight is 487 g/mol. The molecule has 0 radical (unpaired) electrons. The molecule has 3 aromatic carbocycles. The highest BCUT2D eigenvalue weighted by Crippen LogP contribution is 2.50. The molecule has 6 nitrogen and oxygen atoms in total. The number of fused-ring (bicyclic) bond motifs is 3. The lowest BCUT2D eigenvalue weighted by Gasteiger charge is -2.39. The van der Waals surface area contributed by atoms with Crippen molar-refractivity contribution in [1.82, 2.24) is 14.8 Å². The summed E-state index contributed by atoms with van der Waals surface area (Å²) in [5.41, 5.74) is 5.25. The Labute approximate surface area is 193 Å². The molecule has 0 saturated heterocycles. The SMILES string of the molecule is COc1ccc([C@H]2C3=C(Nc4ncnn42)c2ccccc2O[C@@H]3c2ccccc2)cc1Br. The van der Waals surface area contributed by atoms with Crippen molar-refractivity contribution in [2.75, 3.05) is 12.4 Å². The number of hydrogen-bond donors (Lipinski definition) is 1. The van der Waals surface area contributed by atoms with E-state index in [1.54, 1.807) is 13.4 Å². The van der Waals surface area contributed by atoms with Crippen LogP contribution in [0.1, 0.15) is 28.8 Å². The molecule has 7 heteroatoms. The van der Waals surface area contributed by atoms with E-state index in [9.17, 15) is 0 Å². The molecule has 2 aliphatic heterocycles. The number of anilines is 1. The van der Waals surface area contributed by atoms with E-state index in [0.717, 1.165) is 43.9 Å². The van der Waals surface area contributed by atoms with Crippen LogP contribution in [-0.2, 0) is 0 Å². The van der Waals surface area contributed by atoms with Crippen molar-refractivity contribution in [3.05, 3.63) is 106 Å². The van der Waals surface area contributed by atoms with Gasteiger partial charge in [0.15, 0.2) is 0 Å². The molecule has 3 heterocycles. The van der Waals surface area contributed by atoms with E-state index in [1.807, 2.05) is 47.1 Å². The molecule has 0 spiro atoms. The van der Waals surface area contributed by atoms with Gasteiger partial charge in [-0.1, -0.05) is 48.5 Å². The predicted octanol–water partition coefficient (Wildman–Crippen LogP) is 5.61. The standard InChI is InChI=1S/C25H19BrN4O2/c1-31-20-12-11-16(13-18(20)26)23-21-22(29-25-27-14-28-30(23)25)17-9-5-6-10-19(17)32-24(21)15-7-3-2-4-8-15/h2-14,23-24H,1H3,(H,27,28,29)/t23-,24+/m0/s1. The summed E-state index contributed by atoms with van der Waals surface area (Å²) in [7, 11) is 1.66. The van der Waals surface area contributed by atoms with Crippen LogP contribution < -0.4 is 14.8 Å². The molecule has 32 heavy (non-hydrogen) atoms. The number of aromatic nitrogens is 3. The summed E-state index contributed by atoms with van der Waals surface area (Å²) in [5.74, 6) is 2.32. The number of hydrogen-bond acceptors (Lipinski definition) is 5. The molecule has 2 atom stereocenters. The maximum Gasteiger partial charge on any atom is 0.226 e. The van der Waals surface area contributed by atoms with Gasteiger partial charge in [-0.2, -0.15) is 10.1 Å². The fourth-order valence-corrected chi connectivity index (χ4v) is 5.05. The Hall–Kier alpha value is -3.58. The van der Waals surface area contributed by atoms with Gasteiger partial charge in [0.05, 0.1) is 17.3 Å². The van der Waals surface area contributed by atoms with Crippen molar-refractivity contribution >= 4 is 27.6 Å². The normalized spacial score (nSPS) is 18.7. The number of rotatable bonds is 3. The number of nitrogens with one attached hydrogen (secondary N) is 1. The second-order valence-electron chi connectivity index (χ2n) is 7.68. The van der Waals surface area contributed by atoms with E-state index in [-0.39, 0.29) is 12.1 Å². The third-order valence-electron chi connectivity index (χ3n) is 5.92. The minimum absolute atomic E-state index is 0.204. The van der Waals surface area contributed by atoms with Gasteiger partial charge in [0.1, 0.15) is 30.0 Å². The third kappa shape index (κ3) is 2.92. The van der Waals surface area contributed by atoms with Crippen molar-refractivity contribution < 1.29 is 9.47 Å². The highest BCUT2D eigenvalue weighted by molar-refractivity contribution is 9.10. The number of nitrogens with zero attached hydrogens (tertiary/aromatic N) is 3. The van der Waals surface area contributed by atoms with Crippen LogP contribution >= 0.6 is 15.9 Å². The molecule has 4 aromatic rings. The van der Waals surface area contributed by atoms with Crippen LogP contribution in [0.15, 0.2) is 89.2 Å². The van der Waals surface area contributed by atoms with E-state index >= 15 is 0 Å². The molecule has 0 aliphatic carbocycles. The Kier molecular flexibility index (Phi) is 4.50. The Morgan fingerprint density at radius 1 is 1.00 bits per heavy atom. The molecular formula is C25H19BrN4O2. The first kappa shape index (κ1) is 19.1. The lowest BCUT2D eigenvalue weighted by Crippen LogP contribution is -2.32. The van der Waals surface area contributed by atoms with E-state index in [0.29, 0.717) is 5.95 Å². The van der Waals surface area contributed by atoms with E-state index in [2.05, 4.69) is 61.7 Å². The molecule has 0 amide bonds. The molecule has 0 fully saturated rings. The number of ether oxygens (including phenoxy) is 2. The summed E-state index contributed by atoms with van der Waals surface area (Å²) in [6.07, 6.45) is 1.30. The summed E-state index contributed by atoms with van der Waals surface area (Å²) in [6, 6.07) is 24.3. The monoisotopic (exact) mass is 486 g/mol. The van der Waals surface area contributed by atoms with Gasteiger partial charge in [0.2, 0.25) is 5.95 Å². The predicted molar refractivity (Wildman–Crippen MR) is 126 cm³/mol. The molecule has 0 unspecified atom stereocenters. The van der Waals surface area contributed by atoms with Crippen LogP contribution in [0.3, 0.4) is 0 Å². The van der Waals surface area contributed by atoms with Crippen LogP contribution in [0, 0.1) is 0 Å². The number of halogens is 1. The van der Waals surface area contributed by atoms with Gasteiger partial charge in [0.25, 0.3) is 0 Å². The summed E-state index contributed by atoms with van der Waals surface area (Å²) >= 11 is 3.65. The Morgan fingerprint density at radius 3 is 2.62 bits per heavy atom. The quantitative estimate of drug-likeness (QED) is 0.407. The summed E-state index contributed by atoms with van der Waals surface area (Å²) in [4.78, 5) is 4.48. The number of benzene rings is 3. The maximum atomic E-state index is 6.61. The minimum Gasteiger partial charge on any atom is -0.496 e. The molecule has 158 valence electrons. The number of para-hydroxylation sites is 1. The zero-order valence-corrected chi connectivity index (χ0v) is 18.8. The minimum atomic E-state index is -0.281. The lowest BCUT2D eigenvalue weighted by molar-refractivity contribution is 0.223. The first-order chi connectivity index (χ1) is 15.7. The zero-order valence-electron chi connectivity index (χ0n) is 17.2. The summed E-state index contributed by atoms with van der Waals surface area (Å²) in [6.45, 7) is 0. The fourth-order valence-electron chi connectivity index (χ4n) is 4.49. The Morgan fingerprint density at radius 2 is 1.81 bits per heavy atom. The molecule has 0 bridgehead atoms. The molecule has 6 rings (SSSR count). The summed E-state index contributed by atoms with van der Waals surface area (Å²) in [5, 5.41) is 8.09. The largest absolute Gasteiger partial charge is 0.496 e. The highest BCUT2D eigenvalue weighted by Gasteiger charge is 2.40. The van der Waals surface area contributed by atoms with Crippen LogP contribution in [0.5, 0.6) is 11.5 Å². The Bertz CT molecular complexity index is 1350. The third-order valence-corrected chi connectivity index (χ3v) is 6.54. The second-order valence-corrected chi connectivity index (χ2v) is 8.54. The summed E-state index contributed by atoms with van der Waals surface area (Å²) < 4.78 is 14.9. The topological polar surface area (TPSA) is 61.2 Å². The first-order valence-corrected chi connectivity index (χ1v) is 11.1. The molecule has 1 N–H and O–H groups in total. The van der Waals surface area contributed by atoms with Gasteiger partial charge in [-0.25, -0.2) is 4.68 Å². The second kappa shape index (κ2) is 7.53. The smallest absolute Gasteiger partial charge is 0.226 e. The molecule has 2 aliphatic rings. The van der Waals surface area contributed by atoms with Gasteiger partial charge in [-0.05, 0) is 51.3 Å². The lowest BCUT2D eigenvalue weighted by atomic mass is 9.84. The van der Waals surface area contributed by atoms with Gasteiger partial charge < -0.3 is 14.8 Å². The van der Waals surface area contributed by atoms with Crippen LogP contribution in [0.25, 0.3) is 5.70 Å². The van der Waals surface area contributed by atoms with Gasteiger partial charge in [-0.3, -0.25) is 0 Å². The van der Waals surface area contributed by atoms with E-state index in [4.69, 9.17) is 9.47 Å². The van der Waals surface area contributed by atoms with Crippen molar-refractivity contribution in [2.45, 2.75) is 12.1 Å². The van der Waals surface area contributed by atoms with Crippen LogP contribution in [0.2, 0.25) is 0 Å². The molecule has 0 saturated carbocycles. The molecule has 1 aromatic heterocycles. The Balaban J connectivity index is 1.62. The van der Waals surface area contributed by atoms with Crippen molar-refractivity contribution in [2.24, 2.45) is 0 Å². The van der Waals surface area contributed by atoms with E-state index in [1.165, 1.54) is 0 Å². The number of methoxy groups -OCH3 is 1. The van der Waals surface area contributed by atoms with Gasteiger partial charge >= 0.3 is 0 Å². The van der Waals surface area contributed by atoms with Crippen molar-refractivity contribution in [3.63, 3.8) is 0 Å². The van der Waals surface area contributed by atoms with Gasteiger partial charge in [0, 0.05) is 11.1 Å². The van der Waals surface area contributed by atoms with E-state index < -0.39 is 0 Å². The zero-order chi connectivity index (χ0) is 21.7. The van der Waals surface area contributed by atoms with Crippen molar-refractivity contribution in [3.8, 4) is 11.5 Å². The fraction of sp³-hybridized carbons (Fsp3) is 0.120. The first-order valence-electron chi connectivity index (χ1n) is 10.3. The maximum absolute atomic E-state index is 6.61. The van der Waals surface area contributed by atoms with Crippen molar-refractivity contribution in [1.29, 1.82) is 0 Å². The van der Waals surface area contributed by atoms with Gasteiger partial charge in [-0.15, -0.1) is 0 Å². The average Bonchev–Trinajstić information content (AvgIpc) is 3.31. The highest BCUT2D eigenvalue weighted by atomic mass is 79.9. The van der Waals surface area contributed by atoms with Crippen LogP contribution in [-0.4, -0.2) is 21.9 Å². The molecular weight excluding hydrogens is 468 g/mol. The van der Waals surface area contributed by atoms with Crippen LogP contribution in [0.4, 0.5) is 5.95 Å².